The van der Waals surface area contributed by atoms with Crippen LogP contribution in [0, 0.1) is 0 Å². The topological polar surface area (TPSA) is 99.1 Å². The minimum atomic E-state index is -1.12. The molecule has 7 heteroatoms. The molecule has 2 aliphatic rings. The molecule has 1 saturated carbocycles. The highest BCUT2D eigenvalue weighted by atomic mass is 16.5. The van der Waals surface area contributed by atoms with E-state index in [9.17, 15) is 9.59 Å². The fourth-order valence-electron chi connectivity index (χ4n) is 2.97. The van der Waals surface area contributed by atoms with Crippen molar-refractivity contribution in [2.24, 2.45) is 0 Å². The summed E-state index contributed by atoms with van der Waals surface area (Å²) in [7, 11) is 0. The van der Waals surface area contributed by atoms with Gasteiger partial charge in [0.05, 0.1) is 18.8 Å². The molecule has 1 aliphatic heterocycles. The van der Waals surface area contributed by atoms with Gasteiger partial charge < -0.3 is 25.2 Å². The van der Waals surface area contributed by atoms with Gasteiger partial charge in [-0.05, 0) is 12.8 Å². The van der Waals surface area contributed by atoms with Gasteiger partial charge in [-0.25, -0.2) is 9.59 Å². The maximum absolute atomic E-state index is 12.3. The van der Waals surface area contributed by atoms with E-state index in [1.165, 1.54) is 0 Å². The molecule has 2 amide bonds. The fourth-order valence-corrected chi connectivity index (χ4v) is 2.97. The SMILES string of the molecule is O=C(O)[C@@H](CCO)NC(=O)N1CCOC2CCCCC21. The number of ether oxygens (including phenoxy) is 1. The molecular weight excluding hydrogens is 264 g/mol. The molecule has 1 heterocycles. The lowest BCUT2D eigenvalue weighted by Gasteiger charge is -2.43. The molecule has 0 aromatic heterocycles. The van der Waals surface area contributed by atoms with E-state index in [0.717, 1.165) is 25.7 Å². The number of nitrogens with one attached hydrogen (secondary N) is 1. The van der Waals surface area contributed by atoms with E-state index < -0.39 is 12.0 Å². The third kappa shape index (κ3) is 3.40. The Kier molecular flexibility index (Phi) is 5.19. The maximum Gasteiger partial charge on any atom is 0.326 e. The predicted molar refractivity (Wildman–Crippen MR) is 70.4 cm³/mol. The average Bonchev–Trinajstić information content (AvgIpc) is 2.46. The van der Waals surface area contributed by atoms with Crippen molar-refractivity contribution in [1.29, 1.82) is 0 Å². The van der Waals surface area contributed by atoms with Crippen molar-refractivity contribution < 1.29 is 24.5 Å². The van der Waals surface area contributed by atoms with Crippen LogP contribution < -0.4 is 5.32 Å². The van der Waals surface area contributed by atoms with Gasteiger partial charge in [0.25, 0.3) is 0 Å². The first-order valence-corrected chi connectivity index (χ1v) is 7.16. The molecule has 0 radical (unpaired) electrons. The monoisotopic (exact) mass is 286 g/mol. The lowest BCUT2D eigenvalue weighted by atomic mass is 9.90. The van der Waals surface area contributed by atoms with Crippen molar-refractivity contribution in [2.75, 3.05) is 19.8 Å². The van der Waals surface area contributed by atoms with E-state index in [2.05, 4.69) is 5.32 Å². The number of carbonyl (C=O) groups is 2. The molecule has 0 spiro atoms. The summed E-state index contributed by atoms with van der Waals surface area (Å²) in [6.45, 7) is 0.706. The van der Waals surface area contributed by atoms with Crippen molar-refractivity contribution in [3.05, 3.63) is 0 Å². The molecule has 3 atom stereocenters. The van der Waals surface area contributed by atoms with Crippen LogP contribution >= 0.6 is 0 Å². The number of hydrogen-bond acceptors (Lipinski definition) is 4. The van der Waals surface area contributed by atoms with Gasteiger partial charge in [-0.15, -0.1) is 0 Å². The number of morpholine rings is 1. The van der Waals surface area contributed by atoms with E-state index in [1.54, 1.807) is 4.90 Å². The number of fused-ring (bicyclic) bond motifs is 1. The molecule has 2 unspecified atom stereocenters. The fraction of sp³-hybridized carbons (Fsp3) is 0.846. The van der Waals surface area contributed by atoms with Gasteiger partial charge in [0, 0.05) is 19.6 Å². The number of aliphatic carboxylic acids is 1. The standard InChI is InChI=1S/C13H22N2O5/c16-7-5-9(12(17)18)14-13(19)15-6-8-20-11-4-2-1-3-10(11)15/h9-11,16H,1-8H2,(H,14,19)(H,17,18)/t9-,10?,11?/m1/s1. The molecule has 7 nitrogen and oxygen atoms in total. The molecule has 20 heavy (non-hydrogen) atoms. The summed E-state index contributed by atoms with van der Waals surface area (Å²) in [5.74, 6) is -1.12. The van der Waals surface area contributed by atoms with Crippen molar-refractivity contribution in [3.8, 4) is 0 Å². The molecule has 0 aromatic carbocycles. The average molecular weight is 286 g/mol. The Labute approximate surface area is 117 Å². The molecule has 2 rings (SSSR count). The Morgan fingerprint density at radius 2 is 2.10 bits per heavy atom. The van der Waals surface area contributed by atoms with Gasteiger partial charge in [0.2, 0.25) is 0 Å². The van der Waals surface area contributed by atoms with Gasteiger partial charge >= 0.3 is 12.0 Å². The predicted octanol–water partition coefficient (Wildman–Crippen LogP) is 0.175. The third-order valence-electron chi connectivity index (χ3n) is 4.01. The summed E-state index contributed by atoms with van der Waals surface area (Å²) in [4.78, 5) is 25.0. The van der Waals surface area contributed by atoms with Crippen LogP contribution in [0.3, 0.4) is 0 Å². The number of rotatable bonds is 4. The van der Waals surface area contributed by atoms with Crippen molar-refractivity contribution in [2.45, 2.75) is 50.3 Å². The summed E-state index contributed by atoms with van der Waals surface area (Å²) in [6.07, 6.45) is 4.11. The number of aliphatic hydroxyl groups excluding tert-OH is 1. The van der Waals surface area contributed by atoms with Crippen LogP contribution in [0.1, 0.15) is 32.1 Å². The lowest BCUT2D eigenvalue weighted by molar-refractivity contribution is -0.139. The summed E-state index contributed by atoms with van der Waals surface area (Å²) in [6, 6.07) is -1.37. The van der Waals surface area contributed by atoms with Gasteiger partial charge in [-0.1, -0.05) is 12.8 Å². The zero-order valence-corrected chi connectivity index (χ0v) is 11.5. The molecule has 0 aromatic rings. The number of carbonyl (C=O) groups excluding carboxylic acids is 1. The highest BCUT2D eigenvalue weighted by Gasteiger charge is 2.37. The van der Waals surface area contributed by atoms with E-state index in [1.807, 2.05) is 0 Å². The molecular formula is C13H22N2O5. The normalized spacial score (nSPS) is 27.6. The second-order valence-corrected chi connectivity index (χ2v) is 5.31. The van der Waals surface area contributed by atoms with Crippen LogP contribution in [0.15, 0.2) is 0 Å². The Hall–Kier alpha value is -1.34. The lowest BCUT2D eigenvalue weighted by Crippen LogP contribution is -2.59. The second kappa shape index (κ2) is 6.90. The first kappa shape index (κ1) is 15.1. The Morgan fingerprint density at radius 1 is 1.35 bits per heavy atom. The van der Waals surface area contributed by atoms with Gasteiger partial charge in [-0.2, -0.15) is 0 Å². The Morgan fingerprint density at radius 3 is 2.80 bits per heavy atom. The largest absolute Gasteiger partial charge is 0.480 e. The summed E-state index contributed by atoms with van der Waals surface area (Å²) < 4.78 is 5.68. The highest BCUT2D eigenvalue weighted by Crippen LogP contribution is 2.28. The minimum Gasteiger partial charge on any atom is -0.480 e. The van der Waals surface area contributed by atoms with Gasteiger partial charge in [0.15, 0.2) is 0 Å². The summed E-state index contributed by atoms with van der Waals surface area (Å²) in [5.41, 5.74) is 0. The number of hydrogen-bond donors (Lipinski definition) is 3. The molecule has 2 fully saturated rings. The van der Waals surface area contributed by atoms with E-state index in [-0.39, 0.29) is 31.2 Å². The van der Waals surface area contributed by atoms with Crippen LogP contribution in [0.25, 0.3) is 0 Å². The van der Waals surface area contributed by atoms with Crippen LogP contribution in [-0.4, -0.2) is 65.1 Å². The summed E-state index contributed by atoms with van der Waals surface area (Å²) in [5, 5.41) is 20.4. The third-order valence-corrected chi connectivity index (χ3v) is 4.01. The van der Waals surface area contributed by atoms with Gasteiger partial charge in [0.1, 0.15) is 6.04 Å². The van der Waals surface area contributed by atoms with Crippen LogP contribution in [0.5, 0.6) is 0 Å². The number of carboxylic acids is 1. The van der Waals surface area contributed by atoms with E-state index in [0.29, 0.717) is 13.2 Å². The minimum absolute atomic E-state index is 0.0134. The van der Waals surface area contributed by atoms with Crippen molar-refractivity contribution in [1.82, 2.24) is 10.2 Å². The van der Waals surface area contributed by atoms with Crippen LogP contribution in [-0.2, 0) is 9.53 Å². The zero-order chi connectivity index (χ0) is 14.5. The first-order chi connectivity index (χ1) is 9.63. The smallest absolute Gasteiger partial charge is 0.326 e. The molecule has 3 N–H and O–H groups in total. The Balaban J connectivity index is 1.97. The van der Waals surface area contributed by atoms with Crippen molar-refractivity contribution >= 4 is 12.0 Å². The quantitative estimate of drug-likeness (QED) is 0.684. The second-order valence-electron chi connectivity index (χ2n) is 5.31. The van der Waals surface area contributed by atoms with E-state index in [4.69, 9.17) is 14.9 Å². The number of aliphatic hydroxyl groups is 1. The first-order valence-electron chi connectivity index (χ1n) is 7.16. The molecule has 1 aliphatic carbocycles. The summed E-state index contributed by atoms with van der Waals surface area (Å²) >= 11 is 0. The molecule has 0 bridgehead atoms. The molecule has 114 valence electrons. The van der Waals surface area contributed by atoms with Gasteiger partial charge in [-0.3, -0.25) is 0 Å². The van der Waals surface area contributed by atoms with Crippen LogP contribution in [0.4, 0.5) is 4.79 Å². The van der Waals surface area contributed by atoms with Crippen molar-refractivity contribution in [3.63, 3.8) is 0 Å². The number of urea groups is 1. The maximum atomic E-state index is 12.3. The molecule has 1 saturated heterocycles. The number of carboxylic acid groups (broad SMARTS) is 1. The van der Waals surface area contributed by atoms with E-state index >= 15 is 0 Å². The van der Waals surface area contributed by atoms with Crippen LogP contribution in [0.2, 0.25) is 0 Å². The zero-order valence-electron chi connectivity index (χ0n) is 11.5. The highest BCUT2D eigenvalue weighted by molar-refractivity contribution is 5.82. The number of amides is 2. The Bertz CT molecular complexity index is 361. The number of nitrogens with zero attached hydrogens (tertiary/aromatic N) is 1.